The fourth-order valence-corrected chi connectivity index (χ4v) is 1.85. The van der Waals surface area contributed by atoms with Crippen molar-refractivity contribution >= 4 is 17.7 Å². The molecule has 1 unspecified atom stereocenters. The Morgan fingerprint density at radius 2 is 2.40 bits per heavy atom. The van der Waals surface area contributed by atoms with Gasteiger partial charge in [-0.05, 0) is 6.54 Å². The maximum atomic E-state index is 11.0. The summed E-state index contributed by atoms with van der Waals surface area (Å²) in [5.41, 5.74) is 5.21. The number of carbonyl (C=O) groups excluding carboxylic acids is 1. The number of rotatable bonds is 6. The van der Waals surface area contributed by atoms with Gasteiger partial charge in [0.2, 0.25) is 11.8 Å². The zero-order chi connectivity index (χ0) is 11.3. The van der Waals surface area contributed by atoms with E-state index in [1.807, 2.05) is 6.92 Å². The highest BCUT2D eigenvalue weighted by atomic mass is 32.2. The van der Waals surface area contributed by atoms with E-state index >= 15 is 0 Å². The number of primary amides is 1. The van der Waals surface area contributed by atoms with Gasteiger partial charge in [0.05, 0.1) is 6.04 Å². The molecular weight excluding hydrogens is 216 g/mol. The Kier molecular flexibility index (Phi) is 4.57. The lowest BCUT2D eigenvalue weighted by Crippen LogP contribution is -2.43. The van der Waals surface area contributed by atoms with E-state index in [0.29, 0.717) is 23.4 Å². The highest BCUT2D eigenvalue weighted by molar-refractivity contribution is 7.99. The first kappa shape index (κ1) is 12.0. The third kappa shape index (κ3) is 3.88. The number of carbonyl (C=O) groups is 1. The predicted octanol–water partition coefficient (Wildman–Crippen LogP) is -0.0665. The van der Waals surface area contributed by atoms with Gasteiger partial charge in [-0.25, -0.2) is 0 Å². The van der Waals surface area contributed by atoms with E-state index in [2.05, 4.69) is 15.5 Å². The molecule has 0 radical (unpaired) electrons. The van der Waals surface area contributed by atoms with E-state index in [0.717, 1.165) is 0 Å². The molecule has 6 nitrogen and oxygen atoms in total. The summed E-state index contributed by atoms with van der Waals surface area (Å²) in [6.45, 7) is 4.32. The number of hydrogen-bond donors (Lipinski definition) is 2. The topological polar surface area (TPSA) is 94.0 Å². The third-order valence-corrected chi connectivity index (χ3v) is 2.59. The van der Waals surface area contributed by atoms with Crippen molar-refractivity contribution in [2.24, 2.45) is 5.73 Å². The smallest absolute Gasteiger partial charge is 0.276 e. The Hall–Kier alpha value is -1.08. The maximum Gasteiger partial charge on any atom is 0.276 e. The van der Waals surface area contributed by atoms with Crippen LogP contribution in [-0.4, -0.2) is 34.4 Å². The van der Waals surface area contributed by atoms with Crippen molar-refractivity contribution in [1.82, 2.24) is 15.5 Å². The van der Waals surface area contributed by atoms with Crippen LogP contribution >= 0.6 is 11.8 Å². The third-order valence-electron chi connectivity index (χ3n) is 1.67. The number of thioether (sulfide) groups is 1. The van der Waals surface area contributed by atoms with Gasteiger partial charge >= 0.3 is 0 Å². The molecule has 0 aromatic carbocycles. The Balaban J connectivity index is 2.43. The van der Waals surface area contributed by atoms with Crippen molar-refractivity contribution in [3.63, 3.8) is 0 Å². The van der Waals surface area contributed by atoms with Crippen LogP contribution in [0.5, 0.6) is 0 Å². The summed E-state index contributed by atoms with van der Waals surface area (Å²) in [5.74, 6) is 0.627. The minimum absolute atomic E-state index is 0.368. The molecule has 0 aliphatic heterocycles. The van der Waals surface area contributed by atoms with Gasteiger partial charge in [-0.3, -0.25) is 4.79 Å². The van der Waals surface area contributed by atoms with Crippen molar-refractivity contribution < 1.29 is 9.21 Å². The zero-order valence-corrected chi connectivity index (χ0v) is 9.50. The molecule has 1 aromatic heterocycles. The average Bonchev–Trinajstić information content (AvgIpc) is 2.58. The molecule has 1 atom stereocenters. The van der Waals surface area contributed by atoms with Crippen LogP contribution in [0.3, 0.4) is 0 Å². The molecule has 0 fully saturated rings. The predicted molar refractivity (Wildman–Crippen MR) is 56.4 cm³/mol. The van der Waals surface area contributed by atoms with E-state index in [4.69, 9.17) is 10.2 Å². The van der Waals surface area contributed by atoms with Crippen LogP contribution in [-0.2, 0) is 4.79 Å². The Bertz CT molecular complexity index is 328. The molecule has 0 spiro atoms. The van der Waals surface area contributed by atoms with E-state index in [9.17, 15) is 4.79 Å². The lowest BCUT2D eigenvalue weighted by atomic mass is 10.3. The van der Waals surface area contributed by atoms with Crippen LogP contribution in [0.4, 0.5) is 0 Å². The summed E-state index contributed by atoms with van der Waals surface area (Å²) >= 11 is 1.31. The fourth-order valence-electron chi connectivity index (χ4n) is 0.979. The molecule has 15 heavy (non-hydrogen) atoms. The number of hydrogen-bond acceptors (Lipinski definition) is 6. The number of amides is 1. The lowest BCUT2D eigenvalue weighted by molar-refractivity contribution is -0.119. The molecule has 0 aliphatic carbocycles. The quantitative estimate of drug-likeness (QED) is 0.664. The first-order valence-electron chi connectivity index (χ1n) is 4.59. The van der Waals surface area contributed by atoms with Crippen molar-refractivity contribution in [2.45, 2.75) is 25.1 Å². The summed E-state index contributed by atoms with van der Waals surface area (Å²) in [7, 11) is 0. The lowest BCUT2D eigenvalue weighted by Gasteiger charge is -2.11. The Labute approximate surface area is 92.0 Å². The molecule has 1 heterocycles. The normalized spacial score (nSPS) is 12.7. The molecular formula is C8H14N4O2S. The summed E-state index contributed by atoms with van der Waals surface area (Å²) in [5, 5.41) is 10.9. The second-order valence-corrected chi connectivity index (χ2v) is 3.88. The number of nitrogens with one attached hydrogen (secondary N) is 1. The van der Waals surface area contributed by atoms with Gasteiger partial charge in [0.15, 0.2) is 0 Å². The fraction of sp³-hybridized carbons (Fsp3) is 0.625. The van der Waals surface area contributed by atoms with Gasteiger partial charge in [-0.1, -0.05) is 18.7 Å². The first-order chi connectivity index (χ1) is 7.13. The van der Waals surface area contributed by atoms with Crippen LogP contribution in [0.1, 0.15) is 12.8 Å². The first-order valence-corrected chi connectivity index (χ1v) is 5.57. The number of aromatic nitrogens is 2. The Morgan fingerprint density at radius 3 is 2.87 bits per heavy atom. The summed E-state index contributed by atoms with van der Waals surface area (Å²) < 4.78 is 5.15. The molecule has 0 saturated carbocycles. The molecule has 7 heteroatoms. The largest absolute Gasteiger partial charge is 0.416 e. The Morgan fingerprint density at radius 1 is 1.67 bits per heavy atom. The molecule has 1 rings (SSSR count). The SMILES string of the molecule is CCNC(CSc1nnc(C)o1)C(N)=O. The van der Waals surface area contributed by atoms with Crippen LogP contribution in [0.15, 0.2) is 9.64 Å². The second-order valence-electron chi connectivity index (χ2n) is 2.91. The highest BCUT2D eigenvalue weighted by Crippen LogP contribution is 2.16. The summed E-state index contributed by atoms with van der Waals surface area (Å²) in [6.07, 6.45) is 0. The van der Waals surface area contributed by atoms with Crippen LogP contribution in [0, 0.1) is 6.92 Å². The number of aryl methyl sites for hydroxylation is 1. The number of likely N-dealkylation sites (N-methyl/N-ethyl adjacent to an activating group) is 1. The van der Waals surface area contributed by atoms with Gasteiger partial charge < -0.3 is 15.5 Å². The zero-order valence-electron chi connectivity index (χ0n) is 8.69. The van der Waals surface area contributed by atoms with Crippen molar-refractivity contribution in [3.8, 4) is 0 Å². The van der Waals surface area contributed by atoms with Gasteiger partial charge in [0.25, 0.3) is 5.22 Å². The minimum atomic E-state index is -0.374. The molecule has 1 amide bonds. The van der Waals surface area contributed by atoms with Gasteiger partial charge in [-0.15, -0.1) is 10.2 Å². The van der Waals surface area contributed by atoms with E-state index in [-0.39, 0.29) is 11.9 Å². The van der Waals surface area contributed by atoms with E-state index < -0.39 is 0 Å². The van der Waals surface area contributed by atoms with Crippen LogP contribution in [0.25, 0.3) is 0 Å². The van der Waals surface area contributed by atoms with Crippen molar-refractivity contribution in [1.29, 1.82) is 0 Å². The molecule has 3 N–H and O–H groups in total. The van der Waals surface area contributed by atoms with Gasteiger partial charge in [-0.2, -0.15) is 0 Å². The van der Waals surface area contributed by atoms with E-state index in [1.54, 1.807) is 6.92 Å². The van der Waals surface area contributed by atoms with Crippen LogP contribution in [0.2, 0.25) is 0 Å². The van der Waals surface area contributed by atoms with Gasteiger partial charge in [0.1, 0.15) is 0 Å². The standard InChI is InChI=1S/C8H14N4O2S/c1-3-10-6(7(9)13)4-15-8-12-11-5(2)14-8/h6,10H,3-4H2,1-2H3,(H2,9,13). The van der Waals surface area contributed by atoms with Gasteiger partial charge in [0, 0.05) is 12.7 Å². The number of nitrogens with two attached hydrogens (primary N) is 1. The molecule has 84 valence electrons. The minimum Gasteiger partial charge on any atom is -0.416 e. The summed E-state index contributed by atoms with van der Waals surface area (Å²) in [6, 6.07) is -0.368. The van der Waals surface area contributed by atoms with Crippen LogP contribution < -0.4 is 11.1 Å². The van der Waals surface area contributed by atoms with E-state index in [1.165, 1.54) is 11.8 Å². The summed E-state index contributed by atoms with van der Waals surface area (Å²) in [4.78, 5) is 11.0. The second kappa shape index (κ2) is 5.72. The maximum absolute atomic E-state index is 11.0. The molecule has 0 aliphatic rings. The average molecular weight is 230 g/mol. The molecule has 0 bridgehead atoms. The van der Waals surface area contributed by atoms with Crippen molar-refractivity contribution in [2.75, 3.05) is 12.3 Å². The molecule has 0 saturated heterocycles. The monoisotopic (exact) mass is 230 g/mol. The highest BCUT2D eigenvalue weighted by Gasteiger charge is 2.15. The number of nitrogens with zero attached hydrogens (tertiary/aromatic N) is 2. The molecule has 1 aromatic rings. The van der Waals surface area contributed by atoms with Crippen molar-refractivity contribution in [3.05, 3.63) is 5.89 Å².